The molecule has 0 spiro atoms. The number of nitrogens with zero attached hydrogens (tertiary/aromatic N) is 3. The maximum atomic E-state index is 12.9. The molecule has 1 N–H and O–H groups in total. The Balaban J connectivity index is 1.75. The number of urea groups is 1. The third-order valence-corrected chi connectivity index (χ3v) is 4.94. The van der Waals surface area contributed by atoms with Gasteiger partial charge in [-0.3, -0.25) is 19.9 Å². The van der Waals surface area contributed by atoms with Crippen LogP contribution in [0.5, 0.6) is 0 Å². The Morgan fingerprint density at radius 3 is 2.52 bits per heavy atom. The monoisotopic (exact) mass is 406 g/mol. The van der Waals surface area contributed by atoms with Gasteiger partial charge in [-0.1, -0.05) is 17.7 Å². The Labute approximate surface area is 171 Å². The highest BCUT2D eigenvalue weighted by Gasteiger charge is 2.36. The van der Waals surface area contributed by atoms with Crippen LogP contribution in [0, 0.1) is 6.92 Å². The summed E-state index contributed by atoms with van der Waals surface area (Å²) in [5, 5.41) is 2.81. The molecule has 0 saturated carbocycles. The van der Waals surface area contributed by atoms with Crippen LogP contribution in [0.1, 0.15) is 11.3 Å². The van der Waals surface area contributed by atoms with E-state index in [-0.39, 0.29) is 5.57 Å². The normalized spacial score (nSPS) is 15.7. The minimum Gasteiger partial charge on any atom is -0.317 e. The zero-order valence-electron chi connectivity index (χ0n) is 15.3. The lowest BCUT2D eigenvalue weighted by atomic mass is 10.1. The van der Waals surface area contributed by atoms with Gasteiger partial charge in [0.05, 0.1) is 5.69 Å². The van der Waals surface area contributed by atoms with E-state index in [0.717, 1.165) is 16.2 Å². The molecule has 1 fully saturated rings. The van der Waals surface area contributed by atoms with Crippen molar-refractivity contribution in [1.82, 2.24) is 14.9 Å². The summed E-state index contributed by atoms with van der Waals surface area (Å²) in [5.41, 5.74) is 2.48. The number of amides is 4. The molecule has 0 bridgehead atoms. The van der Waals surface area contributed by atoms with E-state index < -0.39 is 17.8 Å². The number of aryl methyl sites for hydroxylation is 1. The van der Waals surface area contributed by atoms with Gasteiger partial charge in [-0.15, -0.1) is 0 Å². The smallest absolute Gasteiger partial charge is 0.317 e. The van der Waals surface area contributed by atoms with E-state index in [4.69, 9.17) is 11.6 Å². The van der Waals surface area contributed by atoms with Gasteiger partial charge < -0.3 is 4.57 Å². The van der Waals surface area contributed by atoms with Crippen LogP contribution in [0.25, 0.3) is 11.8 Å². The highest BCUT2D eigenvalue weighted by Crippen LogP contribution is 2.24. The number of hydrogen-bond acceptors (Lipinski definition) is 4. The fourth-order valence-electron chi connectivity index (χ4n) is 3.01. The van der Waals surface area contributed by atoms with Gasteiger partial charge in [0, 0.05) is 35.0 Å². The van der Waals surface area contributed by atoms with Crippen LogP contribution >= 0.6 is 11.6 Å². The van der Waals surface area contributed by atoms with Crippen LogP contribution in [0.3, 0.4) is 0 Å². The summed E-state index contributed by atoms with van der Waals surface area (Å²) in [6.45, 7) is 1.90. The summed E-state index contributed by atoms with van der Waals surface area (Å²) in [4.78, 5) is 42.3. The fraction of sp³-hybridized carbons (Fsp3) is 0.0476. The molecule has 0 unspecified atom stereocenters. The Bertz CT molecular complexity index is 1170. The molecule has 144 valence electrons. The topological polar surface area (TPSA) is 84.3 Å². The van der Waals surface area contributed by atoms with E-state index in [9.17, 15) is 14.4 Å². The van der Waals surface area contributed by atoms with Gasteiger partial charge in [-0.05, 0) is 55.0 Å². The number of anilines is 1. The quantitative estimate of drug-likeness (QED) is 0.533. The number of aromatic nitrogens is 2. The van der Waals surface area contributed by atoms with Gasteiger partial charge in [0.2, 0.25) is 0 Å². The molecule has 4 amide bonds. The molecule has 1 aliphatic rings. The van der Waals surface area contributed by atoms with Gasteiger partial charge in [-0.25, -0.2) is 9.69 Å². The minimum absolute atomic E-state index is 0.153. The van der Waals surface area contributed by atoms with E-state index in [1.165, 1.54) is 30.6 Å². The molecule has 8 heteroatoms. The first-order chi connectivity index (χ1) is 14.0. The molecule has 1 aliphatic heterocycles. The van der Waals surface area contributed by atoms with Crippen LogP contribution in [0.4, 0.5) is 10.5 Å². The molecule has 0 aliphatic carbocycles. The van der Waals surface area contributed by atoms with E-state index in [1.807, 2.05) is 19.1 Å². The zero-order chi connectivity index (χ0) is 20.5. The van der Waals surface area contributed by atoms with Crippen molar-refractivity contribution in [2.75, 3.05) is 4.90 Å². The third-order valence-electron chi connectivity index (χ3n) is 4.53. The largest absolute Gasteiger partial charge is 0.335 e. The maximum absolute atomic E-state index is 12.9. The zero-order valence-corrected chi connectivity index (χ0v) is 16.1. The molecule has 2 aromatic heterocycles. The number of imide groups is 2. The number of carbonyl (C=O) groups excluding carboxylic acids is 3. The molecule has 4 rings (SSSR count). The van der Waals surface area contributed by atoms with Crippen molar-refractivity contribution in [2.24, 2.45) is 0 Å². The van der Waals surface area contributed by atoms with Gasteiger partial charge >= 0.3 is 6.03 Å². The van der Waals surface area contributed by atoms with Gasteiger partial charge in [-0.2, -0.15) is 0 Å². The van der Waals surface area contributed by atoms with Crippen molar-refractivity contribution >= 4 is 41.2 Å². The summed E-state index contributed by atoms with van der Waals surface area (Å²) in [5.74, 6) is -1.46. The first-order valence-corrected chi connectivity index (χ1v) is 9.09. The predicted octanol–water partition coefficient (Wildman–Crippen LogP) is 3.50. The molecule has 1 saturated heterocycles. The Hall–Kier alpha value is -3.71. The molecule has 0 atom stereocenters. The SMILES string of the molecule is Cc1ccc(-n2cccc2/C=C2\C(=O)NC(=O)N(c3ccncc3)C2=O)cc1Cl. The number of pyridine rings is 1. The molecule has 3 heterocycles. The van der Waals surface area contributed by atoms with Crippen molar-refractivity contribution in [3.8, 4) is 5.69 Å². The second-order valence-corrected chi connectivity index (χ2v) is 6.81. The van der Waals surface area contributed by atoms with Crippen LogP contribution < -0.4 is 10.2 Å². The van der Waals surface area contributed by atoms with Crippen LogP contribution in [0.2, 0.25) is 5.02 Å². The summed E-state index contributed by atoms with van der Waals surface area (Å²) >= 11 is 6.23. The number of rotatable bonds is 3. The van der Waals surface area contributed by atoms with Crippen molar-refractivity contribution in [3.63, 3.8) is 0 Å². The maximum Gasteiger partial charge on any atom is 0.335 e. The fourth-order valence-corrected chi connectivity index (χ4v) is 3.19. The van der Waals surface area contributed by atoms with E-state index in [1.54, 1.807) is 29.0 Å². The first-order valence-electron chi connectivity index (χ1n) is 8.71. The average molecular weight is 407 g/mol. The Morgan fingerprint density at radius 1 is 1.03 bits per heavy atom. The summed E-state index contributed by atoms with van der Waals surface area (Å²) in [7, 11) is 0. The molecular weight excluding hydrogens is 392 g/mol. The number of carbonyl (C=O) groups is 3. The standard InChI is InChI=1S/C21H15ClN4O3/c1-13-4-5-16(12-18(13)22)25-10-2-3-15(25)11-17-19(27)24-21(29)26(20(17)28)14-6-8-23-9-7-14/h2-12H,1H3,(H,24,27,29)/b17-11+. The lowest BCUT2D eigenvalue weighted by Gasteiger charge is -2.26. The van der Waals surface area contributed by atoms with Crippen molar-refractivity contribution < 1.29 is 14.4 Å². The molecular formula is C21H15ClN4O3. The molecule has 1 aromatic carbocycles. The van der Waals surface area contributed by atoms with Gasteiger partial charge in [0.1, 0.15) is 5.57 Å². The number of hydrogen-bond donors (Lipinski definition) is 1. The second kappa shape index (κ2) is 7.37. The summed E-state index contributed by atoms with van der Waals surface area (Å²) in [6.07, 6.45) is 6.17. The van der Waals surface area contributed by atoms with Crippen molar-refractivity contribution in [3.05, 3.63) is 82.9 Å². The predicted molar refractivity (Wildman–Crippen MR) is 109 cm³/mol. The third kappa shape index (κ3) is 3.43. The van der Waals surface area contributed by atoms with E-state index in [0.29, 0.717) is 16.4 Å². The van der Waals surface area contributed by atoms with Crippen LogP contribution in [0.15, 0.2) is 66.6 Å². The van der Waals surface area contributed by atoms with Crippen molar-refractivity contribution in [1.29, 1.82) is 0 Å². The average Bonchev–Trinajstić information content (AvgIpc) is 3.16. The molecule has 0 radical (unpaired) electrons. The van der Waals surface area contributed by atoms with Crippen LogP contribution in [-0.4, -0.2) is 27.4 Å². The minimum atomic E-state index is -0.802. The number of nitrogens with one attached hydrogen (secondary N) is 1. The van der Waals surface area contributed by atoms with E-state index in [2.05, 4.69) is 10.3 Å². The summed E-state index contributed by atoms with van der Waals surface area (Å²) in [6, 6.07) is 11.4. The Morgan fingerprint density at radius 2 is 1.79 bits per heavy atom. The first kappa shape index (κ1) is 18.6. The van der Waals surface area contributed by atoms with Crippen LogP contribution in [-0.2, 0) is 9.59 Å². The highest BCUT2D eigenvalue weighted by atomic mass is 35.5. The Kier molecular flexibility index (Phi) is 4.74. The summed E-state index contributed by atoms with van der Waals surface area (Å²) < 4.78 is 1.80. The molecule has 7 nitrogen and oxygen atoms in total. The van der Waals surface area contributed by atoms with Crippen molar-refractivity contribution in [2.45, 2.75) is 6.92 Å². The number of barbiturate groups is 1. The number of halogens is 1. The molecule has 3 aromatic rings. The van der Waals surface area contributed by atoms with Gasteiger partial charge in [0.15, 0.2) is 0 Å². The number of benzene rings is 1. The highest BCUT2D eigenvalue weighted by molar-refractivity contribution is 6.39. The second-order valence-electron chi connectivity index (χ2n) is 6.40. The lowest BCUT2D eigenvalue weighted by molar-refractivity contribution is -0.122. The molecule has 29 heavy (non-hydrogen) atoms. The van der Waals surface area contributed by atoms with Gasteiger partial charge in [0.25, 0.3) is 11.8 Å². The van der Waals surface area contributed by atoms with E-state index >= 15 is 0 Å². The lowest BCUT2D eigenvalue weighted by Crippen LogP contribution is -2.54.